The van der Waals surface area contributed by atoms with Gasteiger partial charge in [-0.25, -0.2) is 0 Å². The third-order valence-electron chi connectivity index (χ3n) is 3.11. The zero-order chi connectivity index (χ0) is 12.3. The van der Waals surface area contributed by atoms with Gasteiger partial charge in [0, 0.05) is 24.1 Å². The van der Waals surface area contributed by atoms with Crippen molar-refractivity contribution < 1.29 is 4.79 Å². The van der Waals surface area contributed by atoms with E-state index in [0.29, 0.717) is 0 Å². The Balaban J connectivity index is 2.12. The maximum Gasteiger partial charge on any atom is 0.255 e. The van der Waals surface area contributed by atoms with E-state index in [4.69, 9.17) is 0 Å². The molecule has 0 radical (unpaired) electrons. The molecule has 1 heterocycles. The van der Waals surface area contributed by atoms with Crippen molar-refractivity contribution in [2.75, 3.05) is 33.2 Å². The minimum atomic E-state index is 0.132. The summed E-state index contributed by atoms with van der Waals surface area (Å²) in [5.74, 6) is 0.132. The smallest absolute Gasteiger partial charge is 0.255 e. The maximum absolute atomic E-state index is 12.4. The van der Waals surface area contributed by atoms with Crippen molar-refractivity contribution >= 4 is 21.8 Å². The minimum absolute atomic E-state index is 0.132. The summed E-state index contributed by atoms with van der Waals surface area (Å²) in [4.78, 5) is 16.6. The number of amides is 1. The molecule has 0 aromatic heterocycles. The second kappa shape index (κ2) is 5.65. The quantitative estimate of drug-likeness (QED) is 0.793. The Labute approximate surface area is 111 Å². The molecule has 0 aliphatic carbocycles. The van der Waals surface area contributed by atoms with Crippen LogP contribution in [-0.4, -0.2) is 48.9 Å². The number of benzene rings is 1. The Morgan fingerprint density at radius 3 is 2.71 bits per heavy atom. The van der Waals surface area contributed by atoms with E-state index >= 15 is 0 Å². The van der Waals surface area contributed by atoms with Gasteiger partial charge in [-0.15, -0.1) is 0 Å². The maximum atomic E-state index is 12.4. The highest BCUT2D eigenvalue weighted by Crippen LogP contribution is 2.18. The van der Waals surface area contributed by atoms with E-state index in [1.807, 2.05) is 29.2 Å². The van der Waals surface area contributed by atoms with Crippen LogP contribution in [0.1, 0.15) is 16.8 Å². The van der Waals surface area contributed by atoms with Gasteiger partial charge in [-0.2, -0.15) is 0 Å². The second-order valence-electron chi connectivity index (χ2n) is 4.43. The largest absolute Gasteiger partial charge is 0.337 e. The first-order chi connectivity index (χ1) is 8.18. The van der Waals surface area contributed by atoms with Gasteiger partial charge in [-0.05, 0) is 48.1 Å². The minimum Gasteiger partial charge on any atom is -0.337 e. The molecule has 3 nitrogen and oxygen atoms in total. The predicted octanol–water partition coefficient (Wildman–Crippen LogP) is 2.23. The fourth-order valence-electron chi connectivity index (χ4n) is 2.05. The van der Waals surface area contributed by atoms with Crippen LogP contribution in [0.5, 0.6) is 0 Å². The summed E-state index contributed by atoms with van der Waals surface area (Å²) in [6, 6.07) is 7.62. The molecule has 92 valence electrons. The van der Waals surface area contributed by atoms with Gasteiger partial charge in [-0.3, -0.25) is 4.79 Å². The molecule has 1 aliphatic heterocycles. The fourth-order valence-corrected chi connectivity index (χ4v) is 2.51. The lowest BCUT2D eigenvalue weighted by Gasteiger charge is -2.21. The first-order valence-corrected chi connectivity index (χ1v) is 6.70. The van der Waals surface area contributed by atoms with E-state index in [2.05, 4.69) is 27.9 Å². The molecule has 0 N–H and O–H groups in total. The summed E-state index contributed by atoms with van der Waals surface area (Å²) in [6.07, 6.45) is 1.05. The van der Waals surface area contributed by atoms with Crippen molar-refractivity contribution in [1.29, 1.82) is 0 Å². The number of rotatable bonds is 1. The van der Waals surface area contributed by atoms with Crippen molar-refractivity contribution in [1.82, 2.24) is 9.80 Å². The van der Waals surface area contributed by atoms with Crippen LogP contribution in [-0.2, 0) is 0 Å². The molecule has 1 aromatic carbocycles. The van der Waals surface area contributed by atoms with Crippen LogP contribution in [0.2, 0.25) is 0 Å². The molecule has 0 unspecified atom stereocenters. The van der Waals surface area contributed by atoms with E-state index in [1.165, 1.54) is 0 Å². The summed E-state index contributed by atoms with van der Waals surface area (Å²) < 4.78 is 0.877. The van der Waals surface area contributed by atoms with Crippen molar-refractivity contribution in [3.63, 3.8) is 0 Å². The first kappa shape index (κ1) is 12.6. The summed E-state index contributed by atoms with van der Waals surface area (Å²) >= 11 is 3.44. The standard InChI is InChI=1S/C13H17BrN2O/c1-15-7-4-8-16(10-9-15)13(17)11-5-2-3-6-12(11)14/h2-3,5-6H,4,7-10H2,1H3. The number of hydrogen-bond donors (Lipinski definition) is 0. The molecule has 1 fully saturated rings. The lowest BCUT2D eigenvalue weighted by Crippen LogP contribution is -2.34. The van der Waals surface area contributed by atoms with E-state index in [1.54, 1.807) is 0 Å². The molecule has 1 amide bonds. The normalized spacial score (nSPS) is 17.9. The molecule has 0 atom stereocenters. The molecule has 1 saturated heterocycles. The molecular formula is C13H17BrN2O. The Morgan fingerprint density at radius 1 is 1.18 bits per heavy atom. The highest BCUT2D eigenvalue weighted by molar-refractivity contribution is 9.10. The van der Waals surface area contributed by atoms with Crippen LogP contribution < -0.4 is 0 Å². The van der Waals surface area contributed by atoms with Crippen LogP contribution in [0.15, 0.2) is 28.7 Å². The van der Waals surface area contributed by atoms with Gasteiger partial charge >= 0.3 is 0 Å². The average Bonchev–Trinajstić information content (AvgIpc) is 2.54. The number of carbonyl (C=O) groups excluding carboxylic acids is 1. The van der Waals surface area contributed by atoms with Crippen LogP contribution in [0.3, 0.4) is 0 Å². The molecule has 4 heteroatoms. The second-order valence-corrected chi connectivity index (χ2v) is 5.28. The van der Waals surface area contributed by atoms with Crippen molar-refractivity contribution in [2.45, 2.75) is 6.42 Å². The van der Waals surface area contributed by atoms with Crippen LogP contribution in [0.4, 0.5) is 0 Å². The Hall–Kier alpha value is -0.870. The number of nitrogens with zero attached hydrogens (tertiary/aromatic N) is 2. The zero-order valence-corrected chi connectivity index (χ0v) is 11.6. The Bertz CT molecular complexity index is 408. The predicted molar refractivity (Wildman–Crippen MR) is 72.2 cm³/mol. The highest BCUT2D eigenvalue weighted by Gasteiger charge is 2.20. The molecular weight excluding hydrogens is 280 g/mol. The fraction of sp³-hybridized carbons (Fsp3) is 0.462. The van der Waals surface area contributed by atoms with Gasteiger partial charge in [0.2, 0.25) is 0 Å². The SMILES string of the molecule is CN1CCCN(C(=O)c2ccccc2Br)CC1. The van der Waals surface area contributed by atoms with Gasteiger partial charge in [0.15, 0.2) is 0 Å². The molecule has 1 aromatic rings. The van der Waals surface area contributed by atoms with E-state index < -0.39 is 0 Å². The van der Waals surface area contributed by atoms with E-state index in [9.17, 15) is 4.79 Å². The van der Waals surface area contributed by atoms with Gasteiger partial charge < -0.3 is 9.80 Å². The molecule has 0 spiro atoms. The highest BCUT2D eigenvalue weighted by atomic mass is 79.9. The average molecular weight is 297 g/mol. The van der Waals surface area contributed by atoms with Crippen molar-refractivity contribution in [3.05, 3.63) is 34.3 Å². The van der Waals surface area contributed by atoms with Gasteiger partial charge in [0.1, 0.15) is 0 Å². The monoisotopic (exact) mass is 296 g/mol. The van der Waals surface area contributed by atoms with Gasteiger partial charge in [0.05, 0.1) is 5.56 Å². The topological polar surface area (TPSA) is 23.6 Å². The van der Waals surface area contributed by atoms with E-state index in [0.717, 1.165) is 42.6 Å². The third-order valence-corrected chi connectivity index (χ3v) is 3.80. The number of likely N-dealkylation sites (N-methyl/N-ethyl adjacent to an activating group) is 1. The van der Waals surface area contributed by atoms with Crippen LogP contribution in [0, 0.1) is 0 Å². The Kier molecular flexibility index (Phi) is 4.18. The van der Waals surface area contributed by atoms with Gasteiger partial charge in [-0.1, -0.05) is 12.1 Å². The van der Waals surface area contributed by atoms with Crippen LogP contribution in [0.25, 0.3) is 0 Å². The summed E-state index contributed by atoms with van der Waals surface area (Å²) in [5, 5.41) is 0. The number of halogens is 1. The lowest BCUT2D eigenvalue weighted by atomic mass is 10.2. The first-order valence-electron chi connectivity index (χ1n) is 5.91. The molecule has 2 rings (SSSR count). The van der Waals surface area contributed by atoms with Crippen molar-refractivity contribution in [2.24, 2.45) is 0 Å². The lowest BCUT2D eigenvalue weighted by molar-refractivity contribution is 0.0762. The molecule has 0 saturated carbocycles. The number of carbonyl (C=O) groups is 1. The number of hydrogen-bond acceptors (Lipinski definition) is 2. The molecule has 1 aliphatic rings. The Morgan fingerprint density at radius 2 is 1.94 bits per heavy atom. The summed E-state index contributed by atoms with van der Waals surface area (Å²) in [6.45, 7) is 3.69. The van der Waals surface area contributed by atoms with E-state index in [-0.39, 0.29) is 5.91 Å². The van der Waals surface area contributed by atoms with Gasteiger partial charge in [0.25, 0.3) is 5.91 Å². The molecule has 0 bridgehead atoms. The molecule has 17 heavy (non-hydrogen) atoms. The summed E-state index contributed by atoms with van der Waals surface area (Å²) in [7, 11) is 2.10. The zero-order valence-electron chi connectivity index (χ0n) is 10.0. The third kappa shape index (κ3) is 3.07. The van der Waals surface area contributed by atoms with Crippen LogP contribution >= 0.6 is 15.9 Å². The van der Waals surface area contributed by atoms with Crippen molar-refractivity contribution in [3.8, 4) is 0 Å². The summed E-state index contributed by atoms with van der Waals surface area (Å²) in [5.41, 5.74) is 0.761.